The zero-order chi connectivity index (χ0) is 11.7. The molecule has 17 heavy (non-hydrogen) atoms. The second-order valence-corrected chi connectivity index (χ2v) is 5.15. The molecule has 0 aromatic carbocycles. The van der Waals surface area contributed by atoms with Gasteiger partial charge in [-0.05, 0) is 43.4 Å². The molecule has 0 bridgehead atoms. The highest BCUT2D eigenvalue weighted by atomic mass is 15.3. The number of hydrogen-bond donors (Lipinski definition) is 3. The Kier molecular flexibility index (Phi) is 2.84. The van der Waals surface area contributed by atoms with Crippen LogP contribution < -0.4 is 16.6 Å². The van der Waals surface area contributed by atoms with Crippen molar-refractivity contribution in [3.8, 4) is 0 Å². The molecule has 2 saturated carbocycles. The van der Waals surface area contributed by atoms with Crippen molar-refractivity contribution < 1.29 is 0 Å². The smallest absolute Gasteiger partial charge is 0.160 e. The van der Waals surface area contributed by atoms with Crippen LogP contribution in [0.4, 0.5) is 11.6 Å². The van der Waals surface area contributed by atoms with Crippen molar-refractivity contribution in [3.05, 3.63) is 12.4 Å². The van der Waals surface area contributed by atoms with Gasteiger partial charge >= 0.3 is 0 Å². The van der Waals surface area contributed by atoms with Crippen molar-refractivity contribution >= 4 is 11.6 Å². The molecule has 0 amide bonds. The molecule has 3 rings (SSSR count). The van der Waals surface area contributed by atoms with Crippen LogP contribution in [-0.2, 0) is 0 Å². The van der Waals surface area contributed by atoms with E-state index in [1.165, 1.54) is 25.7 Å². The van der Waals surface area contributed by atoms with Crippen LogP contribution in [0.2, 0.25) is 0 Å². The average Bonchev–Trinajstić information content (AvgIpc) is 3.22. The number of rotatable bonds is 6. The number of hydrazine groups is 1. The van der Waals surface area contributed by atoms with Crippen LogP contribution >= 0.6 is 0 Å². The van der Waals surface area contributed by atoms with Gasteiger partial charge in [-0.15, -0.1) is 0 Å². The van der Waals surface area contributed by atoms with Crippen molar-refractivity contribution in [1.29, 1.82) is 0 Å². The highest BCUT2D eigenvalue weighted by Crippen LogP contribution is 2.49. The van der Waals surface area contributed by atoms with Gasteiger partial charge in [0.2, 0.25) is 0 Å². The highest BCUT2D eigenvalue weighted by Gasteiger charge is 2.40. The van der Waals surface area contributed by atoms with Crippen molar-refractivity contribution in [2.24, 2.45) is 23.6 Å². The zero-order valence-electron chi connectivity index (χ0n) is 9.89. The summed E-state index contributed by atoms with van der Waals surface area (Å²) in [6.07, 6.45) is 9.03. The van der Waals surface area contributed by atoms with E-state index < -0.39 is 0 Å². The Morgan fingerprint density at radius 2 is 1.82 bits per heavy atom. The fraction of sp³-hybridized carbons (Fsp3) is 0.667. The summed E-state index contributed by atoms with van der Waals surface area (Å²) in [5, 5.41) is 3.39. The average molecular weight is 233 g/mol. The minimum Gasteiger partial charge on any atom is -0.368 e. The van der Waals surface area contributed by atoms with Gasteiger partial charge in [0.05, 0.1) is 12.4 Å². The molecule has 2 aliphatic carbocycles. The van der Waals surface area contributed by atoms with Crippen molar-refractivity contribution in [1.82, 2.24) is 9.97 Å². The zero-order valence-corrected chi connectivity index (χ0v) is 9.89. The van der Waals surface area contributed by atoms with E-state index in [4.69, 9.17) is 5.84 Å². The lowest BCUT2D eigenvalue weighted by atomic mass is 9.98. The van der Waals surface area contributed by atoms with E-state index in [9.17, 15) is 0 Å². The summed E-state index contributed by atoms with van der Waals surface area (Å²) in [7, 11) is 0. The second kappa shape index (κ2) is 4.49. The first-order valence-corrected chi connectivity index (χ1v) is 6.39. The van der Waals surface area contributed by atoms with E-state index in [2.05, 4.69) is 20.7 Å². The molecule has 5 nitrogen and oxygen atoms in total. The Bertz CT molecular complexity index is 374. The monoisotopic (exact) mass is 233 g/mol. The van der Waals surface area contributed by atoms with Crippen LogP contribution in [0, 0.1) is 17.8 Å². The van der Waals surface area contributed by atoms with E-state index >= 15 is 0 Å². The third-order valence-corrected chi connectivity index (χ3v) is 3.76. The van der Waals surface area contributed by atoms with E-state index in [1.807, 2.05) is 0 Å². The molecular formula is C12H19N5. The first-order chi connectivity index (χ1) is 8.36. The molecule has 1 aromatic rings. The Labute approximate surface area is 101 Å². The topological polar surface area (TPSA) is 75.9 Å². The molecule has 92 valence electrons. The summed E-state index contributed by atoms with van der Waals surface area (Å²) in [5.74, 6) is 9.48. The van der Waals surface area contributed by atoms with Gasteiger partial charge in [-0.2, -0.15) is 0 Å². The number of nitrogens with zero attached hydrogens (tertiary/aromatic N) is 2. The first-order valence-electron chi connectivity index (χ1n) is 6.39. The molecule has 5 heteroatoms. The number of nitrogens with one attached hydrogen (secondary N) is 2. The van der Waals surface area contributed by atoms with Crippen LogP contribution in [0.5, 0.6) is 0 Å². The van der Waals surface area contributed by atoms with E-state index in [-0.39, 0.29) is 0 Å². The normalized spacial score (nSPS) is 19.4. The van der Waals surface area contributed by atoms with Gasteiger partial charge in [-0.1, -0.05) is 0 Å². The van der Waals surface area contributed by atoms with Gasteiger partial charge in [0.15, 0.2) is 5.82 Å². The minimum absolute atomic E-state index is 0.601. The highest BCUT2D eigenvalue weighted by molar-refractivity contribution is 5.40. The maximum Gasteiger partial charge on any atom is 0.160 e. The minimum atomic E-state index is 0.601. The molecule has 1 heterocycles. The third kappa shape index (κ3) is 2.66. The predicted molar refractivity (Wildman–Crippen MR) is 67.3 cm³/mol. The summed E-state index contributed by atoms with van der Waals surface area (Å²) in [6, 6.07) is 0. The van der Waals surface area contributed by atoms with Crippen molar-refractivity contribution in [2.45, 2.75) is 25.7 Å². The summed E-state index contributed by atoms with van der Waals surface area (Å²) in [5.41, 5.74) is 2.51. The van der Waals surface area contributed by atoms with Gasteiger partial charge in [0.25, 0.3) is 0 Å². The maximum atomic E-state index is 5.31. The summed E-state index contributed by atoms with van der Waals surface area (Å²) in [6.45, 7) is 1.03. The Morgan fingerprint density at radius 1 is 1.18 bits per heavy atom. The lowest BCUT2D eigenvalue weighted by Gasteiger charge is -2.16. The van der Waals surface area contributed by atoms with Gasteiger partial charge < -0.3 is 10.7 Å². The maximum absolute atomic E-state index is 5.31. The standard InChI is InChI=1S/C12H19N5/c13-17-12-7-14-6-11(16-12)15-5-10(8-1-2-8)9-3-4-9/h6-10H,1-5,13H2,(H2,15,16,17). The molecular weight excluding hydrogens is 214 g/mol. The fourth-order valence-electron chi connectivity index (χ4n) is 2.51. The molecule has 0 radical (unpaired) electrons. The van der Waals surface area contributed by atoms with Crippen LogP contribution in [0.25, 0.3) is 0 Å². The number of nitrogen functional groups attached to an aromatic ring is 1. The number of aromatic nitrogens is 2. The number of nitrogens with two attached hydrogens (primary N) is 1. The third-order valence-electron chi connectivity index (χ3n) is 3.76. The van der Waals surface area contributed by atoms with E-state index in [0.29, 0.717) is 5.82 Å². The summed E-state index contributed by atoms with van der Waals surface area (Å²) < 4.78 is 0. The molecule has 0 saturated heterocycles. The van der Waals surface area contributed by atoms with Gasteiger partial charge in [0, 0.05) is 6.54 Å². The molecule has 0 spiro atoms. The lowest BCUT2D eigenvalue weighted by Crippen LogP contribution is -2.19. The predicted octanol–water partition coefficient (Wildman–Crippen LogP) is 1.61. The van der Waals surface area contributed by atoms with Crippen molar-refractivity contribution in [3.63, 3.8) is 0 Å². The molecule has 2 aliphatic rings. The molecule has 0 aliphatic heterocycles. The molecule has 0 atom stereocenters. The lowest BCUT2D eigenvalue weighted by molar-refractivity contribution is 0.427. The fourth-order valence-corrected chi connectivity index (χ4v) is 2.51. The van der Waals surface area contributed by atoms with Crippen LogP contribution in [0.1, 0.15) is 25.7 Å². The number of anilines is 2. The summed E-state index contributed by atoms with van der Waals surface area (Å²) in [4.78, 5) is 8.40. The first kappa shape index (κ1) is 10.8. The second-order valence-electron chi connectivity index (χ2n) is 5.15. The molecule has 4 N–H and O–H groups in total. The van der Waals surface area contributed by atoms with E-state index in [0.717, 1.165) is 30.1 Å². The Morgan fingerprint density at radius 3 is 2.41 bits per heavy atom. The summed E-state index contributed by atoms with van der Waals surface area (Å²) >= 11 is 0. The Balaban J connectivity index is 1.58. The molecule has 1 aromatic heterocycles. The van der Waals surface area contributed by atoms with E-state index in [1.54, 1.807) is 12.4 Å². The van der Waals surface area contributed by atoms with Crippen molar-refractivity contribution in [2.75, 3.05) is 17.3 Å². The van der Waals surface area contributed by atoms with Crippen LogP contribution in [-0.4, -0.2) is 16.5 Å². The molecule has 2 fully saturated rings. The van der Waals surface area contributed by atoms with Gasteiger partial charge in [0.1, 0.15) is 5.82 Å². The van der Waals surface area contributed by atoms with Gasteiger partial charge in [-0.25, -0.2) is 10.8 Å². The van der Waals surface area contributed by atoms with Gasteiger partial charge in [-0.3, -0.25) is 4.98 Å². The quantitative estimate of drug-likeness (QED) is 0.514. The Hall–Kier alpha value is -1.36. The van der Waals surface area contributed by atoms with Crippen LogP contribution in [0.3, 0.4) is 0 Å². The van der Waals surface area contributed by atoms with Crippen LogP contribution in [0.15, 0.2) is 12.4 Å². The molecule has 0 unspecified atom stereocenters. The largest absolute Gasteiger partial charge is 0.368 e. The SMILES string of the molecule is NNc1cncc(NCC(C2CC2)C2CC2)n1. The number of hydrogen-bond acceptors (Lipinski definition) is 5.